The standard InChI is InChI=1S/C40H47N9O5/c1-25(2)54-35-21-33(41)29(20-32(35)40(53)45-34-23-44-49-15-3-14-42-38(34)49)22-43-30-12-18-48(19-13-30)37(51)24-47-16-10-27(11-17-47)26-4-6-28(7-5-26)31-8-9-36(50)46-39(31)52/h3-7,14-15,20-23,25,27,30-31,41,43H,8-13,16-19,24H2,1-2H3,(H,45,53)(H,46,50,52)/b29-22-,41-33?. The van der Waals surface area contributed by atoms with Crippen LogP contribution >= 0.6 is 0 Å². The molecule has 0 radical (unpaired) electrons. The van der Waals surface area contributed by atoms with Crippen molar-refractivity contribution in [2.24, 2.45) is 0 Å². The lowest BCUT2D eigenvalue weighted by Gasteiger charge is -2.36. The van der Waals surface area contributed by atoms with E-state index in [-0.39, 0.29) is 41.5 Å². The molecule has 3 saturated heterocycles. The Bertz CT molecular complexity index is 2020. The van der Waals surface area contributed by atoms with Gasteiger partial charge in [0, 0.05) is 55.8 Å². The van der Waals surface area contributed by atoms with Crippen molar-refractivity contribution in [1.82, 2.24) is 35.0 Å². The summed E-state index contributed by atoms with van der Waals surface area (Å²) >= 11 is 0. The summed E-state index contributed by atoms with van der Waals surface area (Å²) in [6.45, 7) is 7.16. The average Bonchev–Trinajstić information content (AvgIpc) is 3.57. The van der Waals surface area contributed by atoms with Gasteiger partial charge in [0.25, 0.3) is 5.91 Å². The number of piperidine rings is 3. The average molecular weight is 734 g/mol. The van der Waals surface area contributed by atoms with Crippen LogP contribution in [0.15, 0.2) is 84.2 Å². The van der Waals surface area contributed by atoms with Gasteiger partial charge in [-0.3, -0.25) is 29.4 Å². The number of hydrogen-bond acceptors (Lipinski definition) is 10. The quantitative estimate of drug-likeness (QED) is 0.226. The van der Waals surface area contributed by atoms with Crippen LogP contribution in [-0.2, 0) is 23.9 Å². The number of fused-ring (bicyclic) bond motifs is 1. The normalized spacial score (nSPS) is 21.2. The summed E-state index contributed by atoms with van der Waals surface area (Å²) in [5.74, 6) is -0.197. The third kappa shape index (κ3) is 8.44. The Kier molecular flexibility index (Phi) is 11.0. The van der Waals surface area contributed by atoms with Crippen LogP contribution in [0.25, 0.3) is 5.65 Å². The van der Waals surface area contributed by atoms with Gasteiger partial charge >= 0.3 is 0 Å². The topological polar surface area (TPSA) is 174 Å². The summed E-state index contributed by atoms with van der Waals surface area (Å²) < 4.78 is 7.51. The van der Waals surface area contributed by atoms with Gasteiger partial charge in [0.05, 0.1) is 36.0 Å². The van der Waals surface area contributed by atoms with Gasteiger partial charge in [-0.05, 0) is 88.2 Å². The van der Waals surface area contributed by atoms with Gasteiger partial charge in [-0.25, -0.2) is 9.50 Å². The minimum absolute atomic E-state index is 0.124. The van der Waals surface area contributed by atoms with E-state index in [1.54, 1.807) is 47.5 Å². The Morgan fingerprint density at radius 1 is 1.02 bits per heavy atom. The number of carbonyl (C=O) groups excluding carboxylic acids is 4. The lowest BCUT2D eigenvalue weighted by atomic mass is 9.86. The fraction of sp³-hybridized carbons (Fsp3) is 0.425. The molecule has 2 aromatic heterocycles. The molecule has 1 unspecified atom stereocenters. The molecule has 4 N–H and O–H groups in total. The van der Waals surface area contributed by atoms with E-state index >= 15 is 0 Å². The molecule has 4 aliphatic rings. The van der Waals surface area contributed by atoms with Crippen molar-refractivity contribution >= 4 is 40.7 Å². The summed E-state index contributed by atoms with van der Waals surface area (Å²) in [7, 11) is 0. The van der Waals surface area contributed by atoms with E-state index in [4.69, 9.17) is 10.1 Å². The molecule has 0 spiro atoms. The highest BCUT2D eigenvalue weighted by molar-refractivity contribution is 6.17. The van der Waals surface area contributed by atoms with Crippen LogP contribution in [0.1, 0.15) is 75.3 Å². The van der Waals surface area contributed by atoms with E-state index in [2.05, 4.69) is 43.1 Å². The molecule has 14 nitrogen and oxygen atoms in total. The van der Waals surface area contributed by atoms with E-state index < -0.39 is 5.91 Å². The first-order valence-electron chi connectivity index (χ1n) is 18.8. The number of ether oxygens (including phenoxy) is 1. The Labute approximate surface area is 314 Å². The number of carbonyl (C=O) groups is 4. The highest BCUT2D eigenvalue weighted by Crippen LogP contribution is 2.31. The van der Waals surface area contributed by atoms with Gasteiger partial charge in [-0.2, -0.15) is 5.10 Å². The minimum atomic E-state index is -0.391. The number of likely N-dealkylation sites (tertiary alicyclic amines) is 2. The fourth-order valence-corrected chi connectivity index (χ4v) is 7.58. The number of nitrogens with one attached hydrogen (secondary N) is 4. The molecule has 1 aromatic carbocycles. The van der Waals surface area contributed by atoms with Gasteiger partial charge in [0.15, 0.2) is 5.65 Å². The van der Waals surface area contributed by atoms with Gasteiger partial charge in [-0.15, -0.1) is 0 Å². The molecule has 0 bridgehead atoms. The van der Waals surface area contributed by atoms with E-state index in [0.717, 1.165) is 44.3 Å². The Morgan fingerprint density at radius 3 is 2.48 bits per heavy atom. The number of aromatic nitrogens is 3. The lowest BCUT2D eigenvalue weighted by molar-refractivity contribution is -0.135. The van der Waals surface area contributed by atoms with E-state index in [0.29, 0.717) is 66.6 Å². The van der Waals surface area contributed by atoms with Crippen molar-refractivity contribution in [3.8, 4) is 0 Å². The molecule has 3 aromatic rings. The molecule has 1 atom stereocenters. The van der Waals surface area contributed by atoms with Crippen molar-refractivity contribution in [2.75, 3.05) is 38.0 Å². The molecular weight excluding hydrogens is 686 g/mol. The monoisotopic (exact) mass is 733 g/mol. The largest absolute Gasteiger partial charge is 0.490 e. The number of benzene rings is 1. The van der Waals surface area contributed by atoms with Gasteiger partial charge in [0.1, 0.15) is 11.4 Å². The molecule has 0 saturated carbocycles. The zero-order chi connectivity index (χ0) is 37.8. The molecule has 4 amide bonds. The highest BCUT2D eigenvalue weighted by Gasteiger charge is 2.30. The second kappa shape index (κ2) is 16.2. The smallest absolute Gasteiger partial charge is 0.259 e. The molecule has 5 heterocycles. The predicted octanol–water partition coefficient (Wildman–Crippen LogP) is 3.80. The fourth-order valence-electron chi connectivity index (χ4n) is 7.58. The van der Waals surface area contributed by atoms with Crippen LogP contribution in [0.5, 0.6) is 0 Å². The summed E-state index contributed by atoms with van der Waals surface area (Å²) in [4.78, 5) is 59.1. The SMILES string of the molecule is CC(C)OC1=CC(=N)/C(=C\NC2CCN(C(=O)CN3CCC(c4ccc(C5CCC(=O)NC5=O)cc4)CC3)CC2)C=C1C(=O)Nc1cnn2cccnc12. The van der Waals surface area contributed by atoms with Crippen LogP contribution in [0.4, 0.5) is 5.69 Å². The van der Waals surface area contributed by atoms with Crippen LogP contribution < -0.4 is 16.0 Å². The molecule has 3 aliphatic heterocycles. The zero-order valence-corrected chi connectivity index (χ0v) is 30.7. The number of amides is 4. The third-order valence-corrected chi connectivity index (χ3v) is 10.6. The first-order valence-corrected chi connectivity index (χ1v) is 18.8. The molecule has 282 valence electrons. The van der Waals surface area contributed by atoms with E-state index in [1.165, 1.54) is 5.56 Å². The number of hydrogen-bond donors (Lipinski definition) is 4. The second-order valence-corrected chi connectivity index (χ2v) is 14.7. The van der Waals surface area contributed by atoms with E-state index in [9.17, 15) is 19.2 Å². The Morgan fingerprint density at radius 2 is 1.76 bits per heavy atom. The van der Waals surface area contributed by atoms with E-state index in [1.807, 2.05) is 30.9 Å². The van der Waals surface area contributed by atoms with Crippen LogP contribution in [0.3, 0.4) is 0 Å². The molecular formula is C40H47N9O5. The summed E-state index contributed by atoms with van der Waals surface area (Å²) in [5.41, 5.74) is 4.27. The molecule has 1 aliphatic carbocycles. The predicted molar refractivity (Wildman–Crippen MR) is 203 cm³/mol. The number of imide groups is 1. The molecule has 3 fully saturated rings. The summed E-state index contributed by atoms with van der Waals surface area (Å²) in [6.07, 6.45) is 14.2. The lowest BCUT2D eigenvalue weighted by Crippen LogP contribution is -2.48. The van der Waals surface area contributed by atoms with Gasteiger partial charge in [-0.1, -0.05) is 24.3 Å². The zero-order valence-electron chi connectivity index (χ0n) is 30.7. The number of rotatable bonds is 10. The molecule has 54 heavy (non-hydrogen) atoms. The van der Waals surface area contributed by atoms with Crippen molar-refractivity contribution in [3.05, 3.63) is 95.3 Å². The maximum Gasteiger partial charge on any atom is 0.259 e. The van der Waals surface area contributed by atoms with Crippen LogP contribution in [0, 0.1) is 5.41 Å². The maximum absolute atomic E-state index is 13.5. The summed E-state index contributed by atoms with van der Waals surface area (Å²) in [6, 6.07) is 10.1. The van der Waals surface area contributed by atoms with Gasteiger partial charge < -0.3 is 25.7 Å². The van der Waals surface area contributed by atoms with Crippen molar-refractivity contribution in [2.45, 2.75) is 76.4 Å². The third-order valence-electron chi connectivity index (χ3n) is 10.6. The second-order valence-electron chi connectivity index (χ2n) is 14.7. The summed E-state index contributed by atoms with van der Waals surface area (Å²) in [5, 5.41) is 21.7. The number of nitrogens with zero attached hydrogens (tertiary/aromatic N) is 5. The Balaban J connectivity index is 0.883. The van der Waals surface area contributed by atoms with Crippen molar-refractivity contribution in [3.63, 3.8) is 0 Å². The number of allylic oxidation sites excluding steroid dienone is 3. The van der Waals surface area contributed by atoms with Crippen molar-refractivity contribution in [1.29, 1.82) is 5.41 Å². The van der Waals surface area contributed by atoms with Gasteiger partial charge in [0.2, 0.25) is 17.7 Å². The first kappa shape index (κ1) is 36.7. The maximum atomic E-state index is 13.5. The minimum Gasteiger partial charge on any atom is -0.490 e. The Hall–Kier alpha value is -5.63. The van der Waals surface area contributed by atoms with Crippen LogP contribution in [0.2, 0.25) is 0 Å². The first-order chi connectivity index (χ1) is 26.1. The highest BCUT2D eigenvalue weighted by atomic mass is 16.5. The van der Waals surface area contributed by atoms with Crippen molar-refractivity contribution < 1.29 is 23.9 Å². The molecule has 14 heteroatoms. The molecule has 7 rings (SSSR count). The number of anilines is 1. The van der Waals surface area contributed by atoms with Crippen LogP contribution in [-0.4, -0.2) is 98.6 Å².